The molecule has 0 saturated carbocycles. The summed E-state index contributed by atoms with van der Waals surface area (Å²) in [6.07, 6.45) is 0.437. The highest BCUT2D eigenvalue weighted by molar-refractivity contribution is 6.00. The van der Waals surface area contributed by atoms with Crippen molar-refractivity contribution < 1.29 is 23.1 Å². The molecule has 0 aliphatic carbocycles. The third kappa shape index (κ3) is 4.07. The fourth-order valence-corrected chi connectivity index (χ4v) is 3.14. The molecule has 2 amide bonds. The second kappa shape index (κ2) is 7.73. The van der Waals surface area contributed by atoms with Gasteiger partial charge < -0.3 is 10.1 Å². The van der Waals surface area contributed by atoms with Crippen molar-refractivity contribution in [3.05, 3.63) is 65.7 Å². The molecule has 27 heavy (non-hydrogen) atoms. The van der Waals surface area contributed by atoms with E-state index in [0.717, 1.165) is 17.7 Å². The van der Waals surface area contributed by atoms with E-state index in [1.807, 2.05) is 30.3 Å². The van der Waals surface area contributed by atoms with Gasteiger partial charge in [-0.05, 0) is 37.5 Å². The number of rotatable bonds is 4. The van der Waals surface area contributed by atoms with E-state index in [-0.39, 0.29) is 12.3 Å². The Labute approximate surface area is 155 Å². The van der Waals surface area contributed by atoms with Gasteiger partial charge in [-0.25, -0.2) is 13.6 Å². The fraction of sp³-hybridized carbons (Fsp3) is 0.300. The second-order valence-electron chi connectivity index (χ2n) is 6.65. The third-order valence-electron chi connectivity index (χ3n) is 4.74. The first kappa shape index (κ1) is 18.8. The molecule has 1 aliphatic heterocycles. The van der Waals surface area contributed by atoms with Crippen molar-refractivity contribution in [2.75, 3.05) is 11.9 Å². The molecule has 142 valence electrons. The van der Waals surface area contributed by atoms with Gasteiger partial charge in [-0.2, -0.15) is 0 Å². The number of amides is 2. The zero-order valence-electron chi connectivity index (χ0n) is 14.9. The first-order valence-corrected chi connectivity index (χ1v) is 8.65. The lowest BCUT2D eigenvalue weighted by atomic mass is 9.97. The Hall–Kier alpha value is -2.96. The van der Waals surface area contributed by atoms with Gasteiger partial charge in [0.15, 0.2) is 0 Å². The zero-order valence-corrected chi connectivity index (χ0v) is 14.9. The number of carbonyl (C=O) groups excluding carboxylic acids is 2. The summed E-state index contributed by atoms with van der Waals surface area (Å²) in [5.74, 6) is -2.14. The molecule has 1 fully saturated rings. The fourth-order valence-electron chi connectivity index (χ4n) is 3.14. The Morgan fingerprint density at radius 2 is 1.93 bits per heavy atom. The van der Waals surface area contributed by atoms with Crippen LogP contribution in [0.25, 0.3) is 0 Å². The highest BCUT2D eigenvalue weighted by Gasteiger charge is 2.46. The van der Waals surface area contributed by atoms with Crippen LogP contribution in [-0.2, 0) is 16.1 Å². The molecule has 1 atom stereocenters. The molecule has 0 aromatic heterocycles. The molecular weight excluding hydrogens is 354 g/mol. The molecule has 0 spiro atoms. The molecule has 0 bridgehead atoms. The lowest BCUT2D eigenvalue weighted by Gasteiger charge is -2.33. The van der Waals surface area contributed by atoms with Crippen LogP contribution in [0.15, 0.2) is 48.5 Å². The van der Waals surface area contributed by atoms with E-state index in [1.54, 1.807) is 6.92 Å². The average molecular weight is 374 g/mol. The number of hydrogen-bond donors (Lipinski definition) is 1. The third-order valence-corrected chi connectivity index (χ3v) is 4.74. The summed E-state index contributed by atoms with van der Waals surface area (Å²) in [5.41, 5.74) is -0.467. The van der Waals surface area contributed by atoms with Crippen LogP contribution >= 0.6 is 0 Å². The minimum atomic E-state index is -1.17. The molecule has 2 aromatic carbocycles. The van der Waals surface area contributed by atoms with E-state index >= 15 is 0 Å². The van der Waals surface area contributed by atoms with Gasteiger partial charge >= 0.3 is 6.09 Å². The SMILES string of the molecule is CC1(C(=O)Nc2ccc(F)cc2F)CCCN1C(=O)OCc1ccccc1. The zero-order chi connectivity index (χ0) is 19.4. The average Bonchev–Trinajstić information content (AvgIpc) is 3.06. The number of benzene rings is 2. The molecule has 1 saturated heterocycles. The first-order chi connectivity index (χ1) is 12.9. The lowest BCUT2D eigenvalue weighted by molar-refractivity contribution is -0.125. The molecule has 5 nitrogen and oxygen atoms in total. The number of hydrogen-bond acceptors (Lipinski definition) is 3. The Balaban J connectivity index is 1.69. The summed E-state index contributed by atoms with van der Waals surface area (Å²) in [6.45, 7) is 2.07. The summed E-state index contributed by atoms with van der Waals surface area (Å²) in [6, 6.07) is 12.1. The van der Waals surface area contributed by atoms with Gasteiger partial charge in [0, 0.05) is 12.6 Å². The number of carbonyl (C=O) groups is 2. The van der Waals surface area contributed by atoms with Gasteiger partial charge in [-0.3, -0.25) is 9.69 Å². The normalized spacial score (nSPS) is 19.0. The number of halogens is 2. The molecule has 3 rings (SSSR count). The quantitative estimate of drug-likeness (QED) is 0.877. The topological polar surface area (TPSA) is 58.6 Å². The van der Waals surface area contributed by atoms with Crippen molar-refractivity contribution in [3.8, 4) is 0 Å². The van der Waals surface area contributed by atoms with Crippen molar-refractivity contribution in [2.45, 2.75) is 31.9 Å². The van der Waals surface area contributed by atoms with Crippen LogP contribution in [0, 0.1) is 11.6 Å². The Bertz CT molecular complexity index is 844. The van der Waals surface area contributed by atoms with Crippen LogP contribution < -0.4 is 5.32 Å². The van der Waals surface area contributed by atoms with Crippen molar-refractivity contribution in [1.29, 1.82) is 0 Å². The molecule has 0 radical (unpaired) electrons. The van der Waals surface area contributed by atoms with Crippen LogP contribution in [0.1, 0.15) is 25.3 Å². The van der Waals surface area contributed by atoms with Gasteiger partial charge in [0.25, 0.3) is 0 Å². The maximum absolute atomic E-state index is 13.8. The van der Waals surface area contributed by atoms with E-state index in [1.165, 1.54) is 4.90 Å². The summed E-state index contributed by atoms with van der Waals surface area (Å²) in [4.78, 5) is 26.6. The monoisotopic (exact) mass is 374 g/mol. The first-order valence-electron chi connectivity index (χ1n) is 8.65. The second-order valence-corrected chi connectivity index (χ2v) is 6.65. The molecule has 1 heterocycles. The number of ether oxygens (including phenoxy) is 1. The molecule has 1 aliphatic rings. The van der Waals surface area contributed by atoms with E-state index in [9.17, 15) is 18.4 Å². The van der Waals surface area contributed by atoms with Crippen molar-refractivity contribution >= 4 is 17.7 Å². The van der Waals surface area contributed by atoms with Gasteiger partial charge in [-0.15, -0.1) is 0 Å². The minimum absolute atomic E-state index is 0.0977. The van der Waals surface area contributed by atoms with E-state index in [4.69, 9.17) is 4.74 Å². The Morgan fingerprint density at radius 3 is 2.63 bits per heavy atom. The van der Waals surface area contributed by atoms with Gasteiger partial charge in [0.05, 0.1) is 5.69 Å². The van der Waals surface area contributed by atoms with Crippen LogP contribution in [-0.4, -0.2) is 29.0 Å². The largest absolute Gasteiger partial charge is 0.445 e. The summed E-state index contributed by atoms with van der Waals surface area (Å²) >= 11 is 0. The number of nitrogens with one attached hydrogen (secondary N) is 1. The molecular formula is C20H20F2N2O3. The summed E-state index contributed by atoms with van der Waals surface area (Å²) < 4.78 is 32.2. The van der Waals surface area contributed by atoms with Crippen molar-refractivity contribution in [2.24, 2.45) is 0 Å². The number of nitrogens with zero attached hydrogens (tertiary/aromatic N) is 1. The number of likely N-dealkylation sites (tertiary alicyclic amines) is 1. The minimum Gasteiger partial charge on any atom is -0.445 e. The van der Waals surface area contributed by atoms with E-state index < -0.39 is 29.2 Å². The highest BCUT2D eigenvalue weighted by atomic mass is 19.1. The van der Waals surface area contributed by atoms with Crippen LogP contribution in [0.4, 0.5) is 19.3 Å². The Kier molecular flexibility index (Phi) is 5.39. The highest BCUT2D eigenvalue weighted by Crippen LogP contribution is 2.31. The van der Waals surface area contributed by atoms with Gasteiger partial charge in [-0.1, -0.05) is 30.3 Å². The summed E-state index contributed by atoms with van der Waals surface area (Å²) in [7, 11) is 0. The number of anilines is 1. The summed E-state index contributed by atoms with van der Waals surface area (Å²) in [5, 5.41) is 2.45. The predicted octanol–water partition coefficient (Wildman–Crippen LogP) is 4.09. The van der Waals surface area contributed by atoms with E-state index in [2.05, 4.69) is 5.32 Å². The maximum Gasteiger partial charge on any atom is 0.410 e. The maximum atomic E-state index is 13.8. The molecule has 1 N–H and O–H groups in total. The smallest absolute Gasteiger partial charge is 0.410 e. The van der Waals surface area contributed by atoms with Gasteiger partial charge in [0.1, 0.15) is 23.8 Å². The van der Waals surface area contributed by atoms with Crippen molar-refractivity contribution in [3.63, 3.8) is 0 Å². The van der Waals surface area contributed by atoms with Crippen molar-refractivity contribution in [1.82, 2.24) is 4.90 Å². The lowest BCUT2D eigenvalue weighted by Crippen LogP contribution is -2.53. The van der Waals surface area contributed by atoms with Crippen LogP contribution in [0.5, 0.6) is 0 Å². The van der Waals surface area contributed by atoms with Crippen LogP contribution in [0.2, 0.25) is 0 Å². The van der Waals surface area contributed by atoms with Gasteiger partial charge in [0.2, 0.25) is 5.91 Å². The Morgan fingerprint density at radius 1 is 1.19 bits per heavy atom. The predicted molar refractivity (Wildman–Crippen MR) is 96.0 cm³/mol. The van der Waals surface area contributed by atoms with Crippen LogP contribution in [0.3, 0.4) is 0 Å². The molecule has 7 heteroatoms. The standard InChI is InChI=1S/C20H20F2N2O3/c1-20(18(25)23-17-9-8-15(21)12-16(17)22)10-5-11-24(20)19(26)27-13-14-6-3-2-4-7-14/h2-4,6-9,12H,5,10-11,13H2,1H3,(H,23,25). The molecule has 2 aromatic rings. The van der Waals surface area contributed by atoms with E-state index in [0.29, 0.717) is 25.5 Å². The molecule has 1 unspecified atom stereocenters.